The van der Waals surface area contributed by atoms with E-state index in [2.05, 4.69) is 23.2 Å². The molecule has 0 unspecified atom stereocenters. The summed E-state index contributed by atoms with van der Waals surface area (Å²) in [6, 6.07) is 15.0. The lowest BCUT2D eigenvalue weighted by Crippen LogP contribution is -2.10. The van der Waals surface area contributed by atoms with Gasteiger partial charge in [0, 0.05) is 17.8 Å². The van der Waals surface area contributed by atoms with Crippen molar-refractivity contribution in [3.63, 3.8) is 0 Å². The van der Waals surface area contributed by atoms with E-state index in [0.717, 1.165) is 17.0 Å². The molecule has 91 valence electrons. The van der Waals surface area contributed by atoms with Gasteiger partial charge in [-0.15, -0.1) is 0 Å². The zero-order chi connectivity index (χ0) is 12.2. The summed E-state index contributed by atoms with van der Waals surface area (Å²) in [5.74, 6) is 0.953. The van der Waals surface area contributed by atoms with Crippen LogP contribution in [-0.4, -0.2) is 11.1 Å². The van der Waals surface area contributed by atoms with Crippen LogP contribution in [-0.2, 0) is 0 Å². The fourth-order valence-electron chi connectivity index (χ4n) is 2.42. The van der Waals surface area contributed by atoms with Crippen LogP contribution in [0.15, 0.2) is 42.6 Å². The van der Waals surface area contributed by atoms with Crippen LogP contribution in [0.2, 0.25) is 0 Å². The number of nitrogens with zero attached hydrogens (tertiary/aromatic N) is 1. The van der Waals surface area contributed by atoms with Gasteiger partial charge in [-0.3, -0.25) is 4.98 Å². The molecule has 0 aliphatic heterocycles. The van der Waals surface area contributed by atoms with E-state index >= 15 is 0 Å². The smallest absolute Gasteiger partial charge is 0.120 e. The molecule has 1 aromatic carbocycles. The fraction of sp³-hybridized carbons (Fsp3) is 0.312. The maximum atomic E-state index is 6.00. The van der Waals surface area contributed by atoms with E-state index in [1.54, 1.807) is 6.20 Å². The van der Waals surface area contributed by atoms with Gasteiger partial charge < -0.3 is 4.74 Å². The minimum Gasteiger partial charge on any atom is -0.490 e. The van der Waals surface area contributed by atoms with Crippen molar-refractivity contribution in [1.82, 2.24) is 4.98 Å². The topological polar surface area (TPSA) is 22.1 Å². The minimum absolute atomic E-state index is 0.400. The molecule has 18 heavy (non-hydrogen) atoms. The van der Waals surface area contributed by atoms with Crippen LogP contribution in [0.5, 0.6) is 5.75 Å². The number of pyridine rings is 1. The van der Waals surface area contributed by atoms with E-state index in [1.807, 2.05) is 24.3 Å². The standard InChI is InChI=1S/C16H16NO/c1-2-8-14(7-1)18-15-9-5-6-13(12-15)16-10-3-4-11-17-16/h3,5-6,9-12,14H,1-2,7-8H2. The second-order valence-electron chi connectivity index (χ2n) is 4.70. The molecule has 0 spiro atoms. The number of hydrogen-bond acceptors (Lipinski definition) is 2. The Morgan fingerprint density at radius 1 is 1.17 bits per heavy atom. The molecular weight excluding hydrogens is 222 g/mol. The van der Waals surface area contributed by atoms with Gasteiger partial charge in [0.2, 0.25) is 0 Å². The van der Waals surface area contributed by atoms with Crippen molar-refractivity contribution in [2.75, 3.05) is 0 Å². The highest BCUT2D eigenvalue weighted by atomic mass is 16.5. The first kappa shape index (κ1) is 11.3. The van der Waals surface area contributed by atoms with Gasteiger partial charge in [-0.1, -0.05) is 18.2 Å². The molecule has 1 aliphatic carbocycles. The van der Waals surface area contributed by atoms with Crippen LogP contribution < -0.4 is 4.74 Å². The Balaban J connectivity index is 1.80. The van der Waals surface area contributed by atoms with Crippen LogP contribution in [0.3, 0.4) is 0 Å². The zero-order valence-electron chi connectivity index (χ0n) is 10.3. The lowest BCUT2D eigenvalue weighted by molar-refractivity contribution is 0.210. The Morgan fingerprint density at radius 2 is 2.06 bits per heavy atom. The molecule has 1 fully saturated rings. The summed E-state index contributed by atoms with van der Waals surface area (Å²) in [5, 5.41) is 0. The highest BCUT2D eigenvalue weighted by molar-refractivity contribution is 5.60. The molecule has 1 radical (unpaired) electrons. The summed E-state index contributed by atoms with van der Waals surface area (Å²) in [5.41, 5.74) is 2.06. The first-order valence-electron chi connectivity index (χ1n) is 6.51. The van der Waals surface area contributed by atoms with Crippen molar-refractivity contribution < 1.29 is 4.74 Å². The van der Waals surface area contributed by atoms with E-state index in [1.165, 1.54) is 25.7 Å². The highest BCUT2D eigenvalue weighted by Crippen LogP contribution is 2.27. The monoisotopic (exact) mass is 238 g/mol. The molecule has 3 rings (SSSR count). The van der Waals surface area contributed by atoms with Crippen LogP contribution in [0.1, 0.15) is 25.7 Å². The molecule has 2 aromatic rings. The average molecular weight is 238 g/mol. The quantitative estimate of drug-likeness (QED) is 0.809. The molecule has 1 aromatic heterocycles. The number of benzene rings is 1. The SMILES string of the molecule is [c]1ccc(-c2cccc(OC3CCCC3)c2)nc1. The molecular formula is C16H16NO. The van der Waals surface area contributed by atoms with Gasteiger partial charge in [0.25, 0.3) is 0 Å². The molecule has 0 N–H and O–H groups in total. The van der Waals surface area contributed by atoms with E-state index in [0.29, 0.717) is 6.10 Å². The average Bonchev–Trinajstić information content (AvgIpc) is 2.93. The van der Waals surface area contributed by atoms with Gasteiger partial charge in [0.15, 0.2) is 0 Å². The Hall–Kier alpha value is -1.83. The molecule has 0 bridgehead atoms. The second kappa shape index (κ2) is 5.21. The molecule has 1 saturated carbocycles. The first-order chi connectivity index (χ1) is 8.92. The first-order valence-corrected chi connectivity index (χ1v) is 6.51. The normalized spacial score (nSPS) is 15.8. The summed E-state index contributed by atoms with van der Waals surface area (Å²) in [4.78, 5) is 4.31. The third kappa shape index (κ3) is 2.53. The number of ether oxygens (including phenoxy) is 1. The van der Waals surface area contributed by atoms with Gasteiger partial charge in [-0.05, 0) is 43.9 Å². The predicted octanol–water partition coefficient (Wildman–Crippen LogP) is 3.87. The molecule has 2 heteroatoms. The van der Waals surface area contributed by atoms with Crippen molar-refractivity contribution >= 4 is 0 Å². The molecule has 0 saturated heterocycles. The van der Waals surface area contributed by atoms with Crippen LogP contribution in [0.25, 0.3) is 11.3 Å². The molecule has 0 amide bonds. The van der Waals surface area contributed by atoms with E-state index in [4.69, 9.17) is 4.74 Å². The highest BCUT2D eigenvalue weighted by Gasteiger charge is 2.16. The van der Waals surface area contributed by atoms with Gasteiger partial charge in [0.1, 0.15) is 5.75 Å². The maximum absolute atomic E-state index is 6.00. The van der Waals surface area contributed by atoms with Crippen LogP contribution >= 0.6 is 0 Å². The molecule has 1 aliphatic rings. The Bertz CT molecular complexity index is 504. The largest absolute Gasteiger partial charge is 0.490 e. The Morgan fingerprint density at radius 3 is 2.83 bits per heavy atom. The van der Waals surface area contributed by atoms with E-state index in [-0.39, 0.29) is 0 Å². The lowest BCUT2D eigenvalue weighted by atomic mass is 10.1. The fourth-order valence-corrected chi connectivity index (χ4v) is 2.42. The summed E-state index contributed by atoms with van der Waals surface area (Å²) < 4.78 is 6.00. The number of hydrogen-bond donors (Lipinski definition) is 0. The van der Waals surface area contributed by atoms with Crippen molar-refractivity contribution in [3.8, 4) is 17.0 Å². The Kier molecular flexibility index (Phi) is 3.26. The van der Waals surface area contributed by atoms with Crippen LogP contribution in [0.4, 0.5) is 0 Å². The lowest BCUT2D eigenvalue weighted by Gasteiger charge is -2.13. The molecule has 2 nitrogen and oxygen atoms in total. The predicted molar refractivity (Wildman–Crippen MR) is 71.4 cm³/mol. The van der Waals surface area contributed by atoms with Crippen molar-refractivity contribution in [2.24, 2.45) is 0 Å². The summed E-state index contributed by atoms with van der Waals surface area (Å²) >= 11 is 0. The van der Waals surface area contributed by atoms with Crippen LogP contribution in [0, 0.1) is 6.07 Å². The molecule has 0 atom stereocenters. The minimum atomic E-state index is 0.400. The summed E-state index contributed by atoms with van der Waals surface area (Å²) in [7, 11) is 0. The summed E-state index contributed by atoms with van der Waals surface area (Å²) in [6.45, 7) is 0. The maximum Gasteiger partial charge on any atom is 0.120 e. The Labute approximate surface area is 108 Å². The summed E-state index contributed by atoms with van der Waals surface area (Å²) in [6.07, 6.45) is 7.05. The van der Waals surface area contributed by atoms with E-state index < -0.39 is 0 Å². The second-order valence-corrected chi connectivity index (χ2v) is 4.70. The van der Waals surface area contributed by atoms with Gasteiger partial charge in [-0.2, -0.15) is 0 Å². The van der Waals surface area contributed by atoms with Crippen molar-refractivity contribution in [3.05, 3.63) is 48.7 Å². The van der Waals surface area contributed by atoms with Gasteiger partial charge in [0.05, 0.1) is 11.8 Å². The molecule has 1 heterocycles. The number of aromatic nitrogens is 1. The van der Waals surface area contributed by atoms with Gasteiger partial charge in [-0.25, -0.2) is 0 Å². The third-order valence-corrected chi connectivity index (χ3v) is 3.35. The third-order valence-electron chi connectivity index (χ3n) is 3.35. The van der Waals surface area contributed by atoms with E-state index in [9.17, 15) is 0 Å². The van der Waals surface area contributed by atoms with Crippen molar-refractivity contribution in [1.29, 1.82) is 0 Å². The number of rotatable bonds is 3. The van der Waals surface area contributed by atoms with Gasteiger partial charge >= 0.3 is 0 Å². The van der Waals surface area contributed by atoms with Crippen molar-refractivity contribution in [2.45, 2.75) is 31.8 Å². The zero-order valence-corrected chi connectivity index (χ0v) is 10.3.